The highest BCUT2D eigenvalue weighted by Crippen LogP contribution is 1.96. The third-order valence-electron chi connectivity index (χ3n) is 2.71. The molecule has 0 aliphatic carbocycles. The summed E-state index contributed by atoms with van der Waals surface area (Å²) in [6.45, 7) is 12.6. The molecule has 0 spiro atoms. The molecule has 0 bridgehead atoms. The summed E-state index contributed by atoms with van der Waals surface area (Å²) >= 11 is 0. The van der Waals surface area contributed by atoms with Gasteiger partial charge in [0, 0.05) is 20.2 Å². The third kappa shape index (κ3) is 14.0. The highest BCUT2D eigenvalue weighted by atomic mass is 16.6. The van der Waals surface area contributed by atoms with Crippen LogP contribution in [0.25, 0.3) is 0 Å². The van der Waals surface area contributed by atoms with Crippen molar-refractivity contribution in [1.29, 1.82) is 0 Å². The number of carbonyl (C=O) groups excluding carboxylic acids is 1. The molecule has 0 unspecified atom stereocenters. The van der Waals surface area contributed by atoms with E-state index in [0.717, 1.165) is 5.57 Å². The van der Waals surface area contributed by atoms with Crippen LogP contribution in [0.15, 0.2) is 12.2 Å². The van der Waals surface area contributed by atoms with Crippen molar-refractivity contribution >= 4 is 5.91 Å². The molecule has 0 atom stereocenters. The summed E-state index contributed by atoms with van der Waals surface area (Å²) in [5, 5.41) is 0. The number of ether oxygens (including phenoxy) is 4. The van der Waals surface area contributed by atoms with E-state index in [4.69, 9.17) is 18.9 Å². The molecule has 22 heavy (non-hydrogen) atoms. The maximum absolute atomic E-state index is 11.7. The minimum atomic E-state index is 0.0617. The summed E-state index contributed by atoms with van der Waals surface area (Å²) in [5.41, 5.74) is 0.966. The average molecular weight is 317 g/mol. The lowest BCUT2D eigenvalue weighted by Crippen LogP contribution is -2.29. The first-order chi connectivity index (χ1) is 10.6. The van der Waals surface area contributed by atoms with Crippen LogP contribution in [0.4, 0.5) is 0 Å². The van der Waals surface area contributed by atoms with Gasteiger partial charge in [-0.25, -0.2) is 0 Å². The molecule has 1 amide bonds. The summed E-state index contributed by atoms with van der Waals surface area (Å²) in [4.78, 5) is 13.4. The van der Waals surface area contributed by atoms with Crippen molar-refractivity contribution < 1.29 is 23.7 Å². The fourth-order valence-corrected chi connectivity index (χ4v) is 1.65. The van der Waals surface area contributed by atoms with Crippen LogP contribution in [0.3, 0.4) is 0 Å². The van der Waals surface area contributed by atoms with Crippen molar-refractivity contribution in [3.63, 3.8) is 0 Å². The molecule has 6 heteroatoms. The predicted octanol–water partition coefficient (Wildman–Crippen LogP) is 1.50. The van der Waals surface area contributed by atoms with Gasteiger partial charge in [0.15, 0.2) is 0 Å². The van der Waals surface area contributed by atoms with Crippen molar-refractivity contribution in [2.24, 2.45) is 0 Å². The maximum atomic E-state index is 11.7. The highest BCUT2D eigenvalue weighted by molar-refractivity contribution is 5.76. The Morgan fingerprint density at radius 2 is 1.36 bits per heavy atom. The van der Waals surface area contributed by atoms with E-state index in [1.807, 2.05) is 13.8 Å². The van der Waals surface area contributed by atoms with Crippen LogP contribution in [0.1, 0.15) is 20.3 Å². The monoisotopic (exact) mass is 317 g/mol. The minimum absolute atomic E-state index is 0.0617. The number of amides is 1. The number of hydrogen-bond donors (Lipinski definition) is 0. The Hall–Kier alpha value is -0.950. The quantitative estimate of drug-likeness (QED) is 0.338. The molecule has 0 aromatic rings. The van der Waals surface area contributed by atoms with Crippen LogP contribution < -0.4 is 0 Å². The Morgan fingerprint density at radius 3 is 1.82 bits per heavy atom. The Labute approximate surface area is 134 Å². The van der Waals surface area contributed by atoms with E-state index in [9.17, 15) is 4.79 Å². The topological polar surface area (TPSA) is 57.2 Å². The van der Waals surface area contributed by atoms with Gasteiger partial charge in [0.1, 0.15) is 0 Å². The van der Waals surface area contributed by atoms with E-state index >= 15 is 0 Å². The number of rotatable bonds is 15. The lowest BCUT2D eigenvalue weighted by molar-refractivity contribution is -0.130. The molecule has 0 radical (unpaired) electrons. The van der Waals surface area contributed by atoms with E-state index in [1.165, 1.54) is 0 Å². The van der Waals surface area contributed by atoms with E-state index in [0.29, 0.717) is 65.8 Å². The molecule has 0 saturated carbocycles. The van der Waals surface area contributed by atoms with E-state index in [2.05, 4.69) is 6.58 Å². The zero-order chi connectivity index (χ0) is 16.6. The summed E-state index contributed by atoms with van der Waals surface area (Å²) in [6.07, 6.45) is 0.379. The first-order valence-electron chi connectivity index (χ1n) is 7.77. The van der Waals surface area contributed by atoms with Gasteiger partial charge in [-0.15, -0.1) is 0 Å². The predicted molar refractivity (Wildman–Crippen MR) is 86.0 cm³/mol. The fraction of sp³-hybridized carbons (Fsp3) is 0.812. The molecular formula is C16H31NO5. The van der Waals surface area contributed by atoms with Crippen molar-refractivity contribution in [3.05, 3.63) is 12.2 Å². The minimum Gasteiger partial charge on any atom is -0.379 e. The van der Waals surface area contributed by atoms with Crippen molar-refractivity contribution in [2.75, 3.05) is 66.4 Å². The Bertz CT molecular complexity index is 296. The van der Waals surface area contributed by atoms with Gasteiger partial charge in [0.2, 0.25) is 5.91 Å². The third-order valence-corrected chi connectivity index (χ3v) is 2.71. The molecule has 0 aromatic heterocycles. The average Bonchev–Trinajstić information content (AvgIpc) is 2.47. The first-order valence-corrected chi connectivity index (χ1v) is 7.77. The van der Waals surface area contributed by atoms with E-state index in [-0.39, 0.29) is 5.91 Å². The van der Waals surface area contributed by atoms with Gasteiger partial charge in [-0.3, -0.25) is 4.79 Å². The number of nitrogens with zero attached hydrogens (tertiary/aromatic N) is 1. The maximum Gasteiger partial charge on any atom is 0.224 e. The molecule has 0 saturated heterocycles. The van der Waals surface area contributed by atoms with Crippen LogP contribution in [0, 0.1) is 0 Å². The summed E-state index contributed by atoms with van der Waals surface area (Å²) in [6, 6.07) is 0. The van der Waals surface area contributed by atoms with Gasteiger partial charge in [-0.05, 0) is 13.8 Å². The van der Waals surface area contributed by atoms with Gasteiger partial charge >= 0.3 is 0 Å². The van der Waals surface area contributed by atoms with E-state index < -0.39 is 0 Å². The van der Waals surface area contributed by atoms with Gasteiger partial charge in [0.05, 0.1) is 52.7 Å². The number of likely N-dealkylation sites (N-methyl/N-ethyl adjacent to an activating group) is 1. The molecule has 130 valence electrons. The molecule has 6 nitrogen and oxygen atoms in total. The van der Waals surface area contributed by atoms with Crippen LogP contribution in [0.5, 0.6) is 0 Å². The summed E-state index contributed by atoms with van der Waals surface area (Å²) in [7, 11) is 1.77. The Balaban J connectivity index is 3.26. The van der Waals surface area contributed by atoms with Crippen LogP contribution >= 0.6 is 0 Å². The molecule has 0 aliphatic heterocycles. The van der Waals surface area contributed by atoms with Crippen LogP contribution in [-0.2, 0) is 23.7 Å². The standard InChI is InChI=1S/C16H31NO5/c1-5-19-8-9-21-12-13-22-11-10-20-7-6-16(18)17(4)14-15(2)3/h2,5-14H2,1,3-4H3. The molecular weight excluding hydrogens is 286 g/mol. The SMILES string of the molecule is C=C(C)CN(C)C(=O)CCOCCOCCOCCOCC. The summed E-state index contributed by atoms with van der Waals surface area (Å²) in [5.74, 6) is 0.0617. The lowest BCUT2D eigenvalue weighted by Gasteiger charge is -2.17. The van der Waals surface area contributed by atoms with Gasteiger partial charge in [0.25, 0.3) is 0 Å². The van der Waals surface area contributed by atoms with Gasteiger partial charge < -0.3 is 23.8 Å². The second-order valence-corrected chi connectivity index (χ2v) is 4.99. The lowest BCUT2D eigenvalue weighted by atomic mass is 10.3. The zero-order valence-corrected chi connectivity index (χ0v) is 14.3. The van der Waals surface area contributed by atoms with Gasteiger partial charge in [-0.2, -0.15) is 0 Å². The highest BCUT2D eigenvalue weighted by Gasteiger charge is 2.07. The zero-order valence-electron chi connectivity index (χ0n) is 14.3. The Morgan fingerprint density at radius 1 is 0.909 bits per heavy atom. The van der Waals surface area contributed by atoms with Crippen molar-refractivity contribution in [3.8, 4) is 0 Å². The second kappa shape index (κ2) is 15.0. The van der Waals surface area contributed by atoms with Gasteiger partial charge in [-0.1, -0.05) is 12.2 Å². The normalized spacial score (nSPS) is 10.7. The largest absolute Gasteiger partial charge is 0.379 e. The smallest absolute Gasteiger partial charge is 0.224 e. The molecule has 0 N–H and O–H groups in total. The second-order valence-electron chi connectivity index (χ2n) is 4.99. The first kappa shape index (κ1) is 21.0. The van der Waals surface area contributed by atoms with Crippen LogP contribution in [-0.4, -0.2) is 77.3 Å². The number of hydrogen-bond acceptors (Lipinski definition) is 5. The fourth-order valence-electron chi connectivity index (χ4n) is 1.65. The summed E-state index contributed by atoms with van der Waals surface area (Å²) < 4.78 is 21.2. The molecule has 0 aliphatic rings. The molecule has 0 heterocycles. The van der Waals surface area contributed by atoms with Crippen molar-refractivity contribution in [2.45, 2.75) is 20.3 Å². The Kier molecular flexibility index (Phi) is 14.3. The van der Waals surface area contributed by atoms with Crippen molar-refractivity contribution in [1.82, 2.24) is 4.90 Å². The van der Waals surface area contributed by atoms with Crippen LogP contribution in [0.2, 0.25) is 0 Å². The van der Waals surface area contributed by atoms with E-state index in [1.54, 1.807) is 11.9 Å². The molecule has 0 aromatic carbocycles. The molecule has 0 rings (SSSR count). The number of carbonyl (C=O) groups is 1. The molecule has 0 fully saturated rings.